The molecule has 0 aliphatic rings. The molecule has 1 rings (SSSR count). The van der Waals surface area contributed by atoms with E-state index in [1.165, 1.54) is 0 Å². The van der Waals surface area contributed by atoms with E-state index in [1.54, 1.807) is 0 Å². The van der Waals surface area contributed by atoms with Crippen molar-refractivity contribution in [2.24, 2.45) is 0 Å². The molecule has 0 aromatic carbocycles. The van der Waals surface area contributed by atoms with Crippen LogP contribution in [0.15, 0.2) is 12.1 Å². The van der Waals surface area contributed by atoms with E-state index in [9.17, 15) is 0 Å². The van der Waals surface area contributed by atoms with Gasteiger partial charge in [0.2, 0.25) is 0 Å². The van der Waals surface area contributed by atoms with E-state index >= 15 is 0 Å². The van der Waals surface area contributed by atoms with Crippen LogP contribution in [0.25, 0.3) is 0 Å². The zero-order valence-corrected chi connectivity index (χ0v) is 7.99. The second-order valence-corrected chi connectivity index (χ2v) is 3.15. The van der Waals surface area contributed by atoms with E-state index in [2.05, 4.69) is 29.4 Å². The van der Waals surface area contributed by atoms with Crippen molar-refractivity contribution in [3.63, 3.8) is 0 Å². The molecule has 0 saturated carbocycles. The van der Waals surface area contributed by atoms with Crippen molar-refractivity contribution in [3.8, 4) is 0 Å². The molecule has 4 heteroatoms. The molecule has 0 atom stereocenters. The Kier molecular flexibility index (Phi) is 3.64. The molecule has 0 aliphatic carbocycles. The third-order valence-corrected chi connectivity index (χ3v) is 1.69. The van der Waals surface area contributed by atoms with Crippen molar-refractivity contribution in [2.45, 2.75) is 19.8 Å². The van der Waals surface area contributed by atoms with Crippen LogP contribution in [0, 0.1) is 0 Å². The van der Waals surface area contributed by atoms with Gasteiger partial charge in [-0.2, -0.15) is 5.10 Å². The first-order valence-corrected chi connectivity index (χ1v) is 4.42. The normalized spacial score (nSPS) is 10.5. The molecule has 0 radical (unpaired) electrons. The number of nitrogens with zero attached hydrogens (tertiary/aromatic N) is 2. The van der Waals surface area contributed by atoms with E-state index in [4.69, 9.17) is 5.11 Å². The Morgan fingerprint density at radius 3 is 2.62 bits per heavy atom. The highest BCUT2D eigenvalue weighted by Gasteiger charge is 2.00. The summed E-state index contributed by atoms with van der Waals surface area (Å²) in [5.41, 5.74) is 0.981. The number of aliphatic hydroxyl groups excluding tert-OH is 1. The van der Waals surface area contributed by atoms with Crippen LogP contribution in [0.3, 0.4) is 0 Å². The van der Waals surface area contributed by atoms with Crippen molar-refractivity contribution < 1.29 is 5.11 Å². The minimum atomic E-state index is 0.105. The molecule has 13 heavy (non-hydrogen) atoms. The maximum absolute atomic E-state index is 8.56. The third kappa shape index (κ3) is 2.99. The fourth-order valence-electron chi connectivity index (χ4n) is 0.929. The van der Waals surface area contributed by atoms with Gasteiger partial charge in [0.1, 0.15) is 5.82 Å². The van der Waals surface area contributed by atoms with Crippen LogP contribution in [-0.2, 0) is 0 Å². The lowest BCUT2D eigenvalue weighted by atomic mass is 10.1. The monoisotopic (exact) mass is 181 g/mol. The molecule has 0 bridgehead atoms. The molecule has 0 unspecified atom stereocenters. The Hall–Kier alpha value is -1.16. The molecule has 1 aromatic rings. The second-order valence-electron chi connectivity index (χ2n) is 3.15. The molecule has 0 saturated heterocycles. The Labute approximate surface area is 78.0 Å². The minimum absolute atomic E-state index is 0.105. The summed E-state index contributed by atoms with van der Waals surface area (Å²) in [6.45, 7) is 4.76. The van der Waals surface area contributed by atoms with Crippen LogP contribution < -0.4 is 5.32 Å². The zero-order chi connectivity index (χ0) is 9.68. The molecule has 1 aromatic heterocycles. The first-order chi connectivity index (χ1) is 6.24. The SMILES string of the molecule is CC(C)c1ccc(NCCO)nn1. The van der Waals surface area contributed by atoms with Crippen molar-refractivity contribution >= 4 is 5.82 Å². The summed E-state index contributed by atoms with van der Waals surface area (Å²) >= 11 is 0. The molecule has 72 valence electrons. The van der Waals surface area contributed by atoms with Crippen LogP contribution >= 0.6 is 0 Å². The number of rotatable bonds is 4. The first-order valence-electron chi connectivity index (χ1n) is 4.42. The number of nitrogens with one attached hydrogen (secondary N) is 1. The van der Waals surface area contributed by atoms with Crippen molar-refractivity contribution in [1.82, 2.24) is 10.2 Å². The van der Waals surface area contributed by atoms with Crippen LogP contribution in [0.2, 0.25) is 0 Å². The van der Waals surface area contributed by atoms with Gasteiger partial charge < -0.3 is 10.4 Å². The number of hydrogen-bond acceptors (Lipinski definition) is 4. The lowest BCUT2D eigenvalue weighted by molar-refractivity contribution is 0.311. The highest BCUT2D eigenvalue weighted by molar-refractivity contribution is 5.33. The van der Waals surface area contributed by atoms with E-state index in [0.29, 0.717) is 18.3 Å². The summed E-state index contributed by atoms with van der Waals surface area (Å²) in [5.74, 6) is 1.11. The molecule has 0 amide bonds. The largest absolute Gasteiger partial charge is 0.395 e. The topological polar surface area (TPSA) is 58.0 Å². The fourth-order valence-corrected chi connectivity index (χ4v) is 0.929. The predicted octanol–water partition coefficient (Wildman–Crippen LogP) is 1.00. The van der Waals surface area contributed by atoms with Gasteiger partial charge in [-0.25, -0.2) is 0 Å². The third-order valence-electron chi connectivity index (χ3n) is 1.69. The summed E-state index contributed by atoms with van der Waals surface area (Å²) in [5, 5.41) is 19.5. The Balaban J connectivity index is 2.59. The molecular formula is C9H15N3O. The van der Waals surface area contributed by atoms with Gasteiger partial charge in [0.25, 0.3) is 0 Å². The lowest BCUT2D eigenvalue weighted by Gasteiger charge is -2.05. The lowest BCUT2D eigenvalue weighted by Crippen LogP contribution is -2.08. The molecule has 4 nitrogen and oxygen atoms in total. The number of aromatic nitrogens is 2. The van der Waals surface area contributed by atoms with Crippen LogP contribution in [0.1, 0.15) is 25.5 Å². The van der Waals surface area contributed by atoms with Crippen LogP contribution in [-0.4, -0.2) is 28.5 Å². The average Bonchev–Trinajstić information content (AvgIpc) is 2.15. The quantitative estimate of drug-likeness (QED) is 0.727. The van der Waals surface area contributed by atoms with Crippen molar-refractivity contribution in [2.75, 3.05) is 18.5 Å². The maximum Gasteiger partial charge on any atom is 0.148 e. The van der Waals surface area contributed by atoms with Crippen LogP contribution in [0.4, 0.5) is 5.82 Å². The van der Waals surface area contributed by atoms with Crippen LogP contribution in [0.5, 0.6) is 0 Å². The number of anilines is 1. The van der Waals surface area contributed by atoms with Crippen molar-refractivity contribution in [1.29, 1.82) is 0 Å². The van der Waals surface area contributed by atoms with E-state index in [-0.39, 0.29) is 6.61 Å². The predicted molar refractivity (Wildman–Crippen MR) is 51.7 cm³/mol. The summed E-state index contributed by atoms with van der Waals surface area (Å²) in [7, 11) is 0. The van der Waals surface area contributed by atoms with Gasteiger partial charge in [-0.1, -0.05) is 13.8 Å². The van der Waals surface area contributed by atoms with Gasteiger partial charge in [0.15, 0.2) is 0 Å². The highest BCUT2D eigenvalue weighted by Crippen LogP contribution is 2.10. The number of aliphatic hydroxyl groups is 1. The number of hydrogen-bond donors (Lipinski definition) is 2. The molecule has 1 heterocycles. The Morgan fingerprint density at radius 1 is 1.38 bits per heavy atom. The minimum Gasteiger partial charge on any atom is -0.395 e. The van der Waals surface area contributed by atoms with Gasteiger partial charge in [0.05, 0.1) is 12.3 Å². The zero-order valence-electron chi connectivity index (χ0n) is 7.99. The summed E-state index contributed by atoms with van der Waals surface area (Å²) < 4.78 is 0. The smallest absolute Gasteiger partial charge is 0.148 e. The Bertz CT molecular complexity index is 246. The van der Waals surface area contributed by atoms with Gasteiger partial charge in [-0.15, -0.1) is 5.10 Å². The van der Waals surface area contributed by atoms with E-state index < -0.39 is 0 Å². The first kappa shape index (κ1) is 9.92. The Morgan fingerprint density at radius 2 is 2.15 bits per heavy atom. The molecule has 0 spiro atoms. The van der Waals surface area contributed by atoms with E-state index in [0.717, 1.165) is 5.69 Å². The van der Waals surface area contributed by atoms with Gasteiger partial charge >= 0.3 is 0 Å². The standard InChI is InChI=1S/C9H15N3O/c1-7(2)8-3-4-9(12-11-8)10-5-6-13/h3-4,7,13H,5-6H2,1-2H3,(H,10,12). The fraction of sp³-hybridized carbons (Fsp3) is 0.556. The molecule has 0 fully saturated rings. The average molecular weight is 181 g/mol. The summed E-state index contributed by atoms with van der Waals surface area (Å²) in [4.78, 5) is 0. The van der Waals surface area contributed by atoms with Gasteiger partial charge in [-0.05, 0) is 18.1 Å². The molecule has 2 N–H and O–H groups in total. The molecule has 0 aliphatic heterocycles. The van der Waals surface area contributed by atoms with E-state index in [1.807, 2.05) is 12.1 Å². The summed E-state index contributed by atoms with van der Waals surface area (Å²) in [6.07, 6.45) is 0. The second kappa shape index (κ2) is 4.77. The van der Waals surface area contributed by atoms with Gasteiger partial charge in [-0.3, -0.25) is 0 Å². The van der Waals surface area contributed by atoms with Gasteiger partial charge in [0, 0.05) is 6.54 Å². The molecular weight excluding hydrogens is 166 g/mol. The summed E-state index contributed by atoms with van der Waals surface area (Å²) in [6, 6.07) is 3.81. The highest BCUT2D eigenvalue weighted by atomic mass is 16.3. The van der Waals surface area contributed by atoms with Crippen molar-refractivity contribution in [3.05, 3.63) is 17.8 Å². The maximum atomic E-state index is 8.56.